The van der Waals surface area contributed by atoms with Crippen molar-refractivity contribution in [2.45, 2.75) is 77.0 Å². The van der Waals surface area contributed by atoms with E-state index in [1.807, 2.05) is 0 Å². The van der Waals surface area contributed by atoms with E-state index < -0.39 is 23.8 Å². The minimum atomic E-state index is -0.736. The minimum absolute atomic E-state index is 0.0130. The summed E-state index contributed by atoms with van der Waals surface area (Å²) in [5, 5.41) is 5.49. The van der Waals surface area contributed by atoms with E-state index in [-0.39, 0.29) is 29.6 Å². The topological polar surface area (TPSA) is 105 Å². The lowest BCUT2D eigenvalue weighted by atomic mass is 9.67. The maximum absolute atomic E-state index is 13.0. The first-order chi connectivity index (χ1) is 13.1. The number of likely N-dealkylation sites (tertiary alicyclic amines) is 1. The monoisotopic (exact) mass is 393 g/mol. The van der Waals surface area contributed by atoms with Crippen LogP contribution in [0.1, 0.15) is 59.3 Å². The van der Waals surface area contributed by atoms with Crippen LogP contribution in [0.3, 0.4) is 0 Å². The van der Waals surface area contributed by atoms with Crippen LogP contribution in [-0.4, -0.2) is 59.9 Å². The second kappa shape index (κ2) is 7.72. The molecule has 0 bridgehead atoms. The van der Waals surface area contributed by atoms with Crippen LogP contribution in [0, 0.1) is 11.3 Å². The van der Waals surface area contributed by atoms with E-state index in [9.17, 15) is 19.2 Å². The van der Waals surface area contributed by atoms with Gasteiger partial charge in [-0.15, -0.1) is 0 Å². The molecule has 3 atom stereocenters. The number of ether oxygens (including phenoxy) is 1. The standard InChI is InChI=1S/C20H31N3O5/c1-19(2,3)28-18(27)23-12-20(6-4-7-20)10-15(23)17(26)22-14(11-24)9-13-5-8-21-16(13)25/h11,13-15H,4-10,12H2,1-3H3,(H,21,25)(H,22,26)/t13-,14-,15-/m0/s1. The molecular formula is C20H31N3O5. The molecule has 28 heavy (non-hydrogen) atoms. The van der Waals surface area contributed by atoms with Crippen LogP contribution >= 0.6 is 0 Å². The Morgan fingerprint density at radius 1 is 1.39 bits per heavy atom. The third-order valence-electron chi connectivity index (χ3n) is 6.05. The molecule has 2 aliphatic heterocycles. The van der Waals surface area contributed by atoms with Crippen molar-refractivity contribution in [1.29, 1.82) is 0 Å². The second-order valence-corrected chi connectivity index (χ2v) is 9.45. The number of rotatable bonds is 5. The van der Waals surface area contributed by atoms with Gasteiger partial charge in [0.25, 0.3) is 0 Å². The fraction of sp³-hybridized carbons (Fsp3) is 0.800. The fourth-order valence-corrected chi connectivity index (χ4v) is 4.45. The number of nitrogens with zero attached hydrogens (tertiary/aromatic N) is 1. The van der Waals surface area contributed by atoms with Crippen molar-refractivity contribution in [1.82, 2.24) is 15.5 Å². The van der Waals surface area contributed by atoms with Crippen molar-refractivity contribution >= 4 is 24.2 Å². The Kier molecular flexibility index (Phi) is 5.68. The van der Waals surface area contributed by atoms with Crippen LogP contribution in [0.25, 0.3) is 0 Å². The predicted molar refractivity (Wildman–Crippen MR) is 101 cm³/mol. The number of hydrogen-bond donors (Lipinski definition) is 2. The Morgan fingerprint density at radius 2 is 2.11 bits per heavy atom. The molecule has 3 amide bonds. The summed E-state index contributed by atoms with van der Waals surface area (Å²) in [7, 11) is 0. The van der Waals surface area contributed by atoms with E-state index in [1.165, 1.54) is 4.90 Å². The minimum Gasteiger partial charge on any atom is -0.444 e. The molecule has 8 nitrogen and oxygen atoms in total. The largest absolute Gasteiger partial charge is 0.444 e. The SMILES string of the molecule is CC(C)(C)OC(=O)N1CC2(CCC2)C[C@H]1C(=O)N[C@H](C=O)C[C@@H]1CCNC1=O. The zero-order valence-corrected chi connectivity index (χ0v) is 17.0. The van der Waals surface area contributed by atoms with Crippen molar-refractivity contribution < 1.29 is 23.9 Å². The maximum Gasteiger partial charge on any atom is 0.410 e. The van der Waals surface area contributed by atoms with Crippen LogP contribution in [0.4, 0.5) is 4.79 Å². The molecule has 0 radical (unpaired) electrons. The number of carbonyl (C=O) groups is 4. The highest BCUT2D eigenvalue weighted by Crippen LogP contribution is 2.50. The average Bonchev–Trinajstić information content (AvgIpc) is 3.17. The highest BCUT2D eigenvalue weighted by molar-refractivity contribution is 5.88. The van der Waals surface area contributed by atoms with Gasteiger partial charge in [-0.05, 0) is 58.3 Å². The van der Waals surface area contributed by atoms with Gasteiger partial charge in [0.1, 0.15) is 17.9 Å². The Bertz CT molecular complexity index is 653. The highest BCUT2D eigenvalue weighted by Gasteiger charge is 2.52. The summed E-state index contributed by atoms with van der Waals surface area (Å²) in [6.07, 6.45) is 4.81. The number of hydrogen-bond acceptors (Lipinski definition) is 5. The van der Waals surface area contributed by atoms with Gasteiger partial charge < -0.3 is 20.2 Å². The summed E-state index contributed by atoms with van der Waals surface area (Å²) in [4.78, 5) is 50.4. The first kappa shape index (κ1) is 20.6. The Labute approximate surface area is 165 Å². The number of aldehydes is 1. The predicted octanol–water partition coefficient (Wildman–Crippen LogP) is 1.38. The van der Waals surface area contributed by atoms with E-state index >= 15 is 0 Å². The average molecular weight is 393 g/mol. The summed E-state index contributed by atoms with van der Waals surface area (Å²) < 4.78 is 5.50. The zero-order chi connectivity index (χ0) is 20.5. The second-order valence-electron chi connectivity index (χ2n) is 9.45. The molecule has 8 heteroatoms. The zero-order valence-electron chi connectivity index (χ0n) is 17.0. The summed E-state index contributed by atoms with van der Waals surface area (Å²) in [5.41, 5.74) is -0.657. The van der Waals surface area contributed by atoms with Crippen LogP contribution in [-0.2, 0) is 19.1 Å². The summed E-state index contributed by atoms with van der Waals surface area (Å²) in [5.74, 6) is -0.685. The molecule has 2 N–H and O–H groups in total. The van der Waals surface area contributed by atoms with Crippen molar-refractivity contribution in [3.63, 3.8) is 0 Å². The fourth-order valence-electron chi connectivity index (χ4n) is 4.45. The van der Waals surface area contributed by atoms with Crippen LogP contribution in [0.2, 0.25) is 0 Å². The molecule has 0 aromatic rings. The Balaban J connectivity index is 1.67. The Morgan fingerprint density at radius 3 is 2.61 bits per heavy atom. The van der Waals surface area contributed by atoms with Gasteiger partial charge in [-0.2, -0.15) is 0 Å². The smallest absolute Gasteiger partial charge is 0.410 e. The molecule has 156 valence electrons. The Hall–Kier alpha value is -2.12. The van der Waals surface area contributed by atoms with Gasteiger partial charge in [-0.1, -0.05) is 6.42 Å². The first-order valence-electron chi connectivity index (χ1n) is 10.2. The molecule has 0 aromatic heterocycles. The highest BCUT2D eigenvalue weighted by atomic mass is 16.6. The first-order valence-corrected chi connectivity index (χ1v) is 10.2. The third-order valence-corrected chi connectivity index (χ3v) is 6.05. The molecule has 2 heterocycles. The van der Waals surface area contributed by atoms with E-state index in [2.05, 4.69) is 10.6 Å². The summed E-state index contributed by atoms with van der Waals surface area (Å²) >= 11 is 0. The summed E-state index contributed by atoms with van der Waals surface area (Å²) in [6.45, 7) is 6.50. The van der Waals surface area contributed by atoms with E-state index in [0.29, 0.717) is 32.2 Å². The van der Waals surface area contributed by atoms with Crippen molar-refractivity contribution in [3.05, 3.63) is 0 Å². The lowest BCUT2D eigenvalue weighted by Gasteiger charge is -2.37. The summed E-state index contributed by atoms with van der Waals surface area (Å²) in [6, 6.07) is -1.38. The quantitative estimate of drug-likeness (QED) is 0.687. The third kappa shape index (κ3) is 4.47. The molecular weight excluding hydrogens is 362 g/mol. The van der Waals surface area contributed by atoms with Gasteiger partial charge in [0.05, 0.1) is 6.04 Å². The molecule has 1 saturated carbocycles. The lowest BCUT2D eigenvalue weighted by Crippen LogP contribution is -2.50. The molecule has 3 fully saturated rings. The normalized spacial score (nSPS) is 27.1. The van der Waals surface area contributed by atoms with Gasteiger partial charge in [0, 0.05) is 19.0 Å². The lowest BCUT2D eigenvalue weighted by molar-refractivity contribution is -0.129. The van der Waals surface area contributed by atoms with Crippen molar-refractivity contribution in [2.24, 2.45) is 11.3 Å². The van der Waals surface area contributed by atoms with E-state index in [0.717, 1.165) is 19.3 Å². The maximum atomic E-state index is 13.0. The van der Waals surface area contributed by atoms with Gasteiger partial charge >= 0.3 is 6.09 Å². The van der Waals surface area contributed by atoms with Crippen molar-refractivity contribution in [2.75, 3.05) is 13.1 Å². The molecule has 2 saturated heterocycles. The molecule has 1 aliphatic carbocycles. The van der Waals surface area contributed by atoms with Gasteiger partial charge in [-0.3, -0.25) is 14.5 Å². The van der Waals surface area contributed by atoms with Crippen LogP contribution in [0.15, 0.2) is 0 Å². The van der Waals surface area contributed by atoms with E-state index in [4.69, 9.17) is 4.74 Å². The number of amides is 3. The van der Waals surface area contributed by atoms with Gasteiger partial charge in [0.15, 0.2) is 0 Å². The van der Waals surface area contributed by atoms with E-state index in [1.54, 1.807) is 20.8 Å². The van der Waals surface area contributed by atoms with Gasteiger partial charge in [-0.25, -0.2) is 4.79 Å². The molecule has 3 aliphatic rings. The number of carbonyl (C=O) groups excluding carboxylic acids is 4. The molecule has 0 unspecified atom stereocenters. The molecule has 1 spiro atoms. The number of nitrogens with one attached hydrogen (secondary N) is 2. The van der Waals surface area contributed by atoms with Crippen LogP contribution < -0.4 is 10.6 Å². The molecule has 0 aromatic carbocycles. The molecule has 3 rings (SSSR count). The van der Waals surface area contributed by atoms with Crippen LogP contribution in [0.5, 0.6) is 0 Å². The van der Waals surface area contributed by atoms with Crippen molar-refractivity contribution in [3.8, 4) is 0 Å². The van der Waals surface area contributed by atoms with Gasteiger partial charge in [0.2, 0.25) is 11.8 Å².